The molecule has 0 atom stereocenters. The van der Waals surface area contributed by atoms with Gasteiger partial charge in [0.15, 0.2) is 5.82 Å². The van der Waals surface area contributed by atoms with Gasteiger partial charge >= 0.3 is 0 Å². The summed E-state index contributed by atoms with van der Waals surface area (Å²) in [7, 11) is 0. The summed E-state index contributed by atoms with van der Waals surface area (Å²) in [6.45, 7) is 5.62. The summed E-state index contributed by atoms with van der Waals surface area (Å²) in [6.07, 6.45) is 3.25. The lowest BCUT2D eigenvalue weighted by Crippen LogP contribution is -2.05. The second kappa shape index (κ2) is 6.76. The van der Waals surface area contributed by atoms with Crippen LogP contribution in [0.1, 0.15) is 22.9 Å². The van der Waals surface area contributed by atoms with E-state index in [2.05, 4.69) is 39.7 Å². The van der Waals surface area contributed by atoms with Crippen LogP contribution in [0.25, 0.3) is 10.2 Å². The van der Waals surface area contributed by atoms with Crippen LogP contribution in [0.5, 0.6) is 0 Å². The van der Waals surface area contributed by atoms with Crippen LogP contribution in [0.4, 0.5) is 11.5 Å². The molecule has 0 unspecified atom stereocenters. The number of hydrazone groups is 1. The zero-order valence-electron chi connectivity index (χ0n) is 13.6. The summed E-state index contributed by atoms with van der Waals surface area (Å²) in [5.74, 6) is 0.611. The zero-order valence-corrected chi connectivity index (χ0v) is 14.4. The normalized spacial score (nSPS) is 11.1. The number of hydrogen-bond donors (Lipinski definition) is 2. The Morgan fingerprint density at radius 3 is 2.67 bits per heavy atom. The number of nitrogens with one attached hydrogen (secondary N) is 2. The molecule has 0 radical (unpaired) electrons. The van der Waals surface area contributed by atoms with Crippen LogP contribution < -0.4 is 10.7 Å². The first-order valence-electron chi connectivity index (χ1n) is 7.42. The first-order chi connectivity index (χ1) is 11.5. The number of fused-ring (bicyclic) bond motifs is 1. The molecule has 2 N–H and O–H groups in total. The minimum absolute atomic E-state index is 0.0905. The predicted molar refractivity (Wildman–Crippen MR) is 98.9 cm³/mol. The Kier molecular flexibility index (Phi) is 4.52. The molecule has 3 rings (SSSR count). The van der Waals surface area contributed by atoms with E-state index in [-0.39, 0.29) is 5.91 Å². The molecule has 24 heavy (non-hydrogen) atoms. The van der Waals surface area contributed by atoms with Gasteiger partial charge in [-0.15, -0.1) is 11.3 Å². The largest absolute Gasteiger partial charge is 0.326 e. The standard InChI is InChI=1S/C17H17N5OS/c1-10-11(2)24-17-15(10)16(18-9-19-17)22-20-8-13-4-6-14(7-5-13)21-12(3)23/h4-9H,1-3H3,(H,21,23)(H,18,19,22). The number of carbonyl (C=O) groups is 1. The lowest BCUT2D eigenvalue weighted by Gasteiger charge is -2.03. The Hall–Kier alpha value is -2.80. The summed E-state index contributed by atoms with van der Waals surface area (Å²) in [6, 6.07) is 7.42. The van der Waals surface area contributed by atoms with Crippen molar-refractivity contribution in [3.63, 3.8) is 0 Å². The van der Waals surface area contributed by atoms with Crippen LogP contribution in [-0.2, 0) is 4.79 Å². The monoisotopic (exact) mass is 339 g/mol. The number of hydrogen-bond acceptors (Lipinski definition) is 6. The maximum Gasteiger partial charge on any atom is 0.221 e. The molecule has 3 aromatic rings. The molecule has 2 aromatic heterocycles. The molecule has 0 aliphatic rings. The molecule has 0 saturated heterocycles. The number of anilines is 2. The van der Waals surface area contributed by atoms with Crippen LogP contribution in [0, 0.1) is 13.8 Å². The maximum atomic E-state index is 11.0. The fourth-order valence-electron chi connectivity index (χ4n) is 2.29. The quantitative estimate of drug-likeness (QED) is 0.561. The topological polar surface area (TPSA) is 79.3 Å². The molecule has 0 aliphatic carbocycles. The highest BCUT2D eigenvalue weighted by Crippen LogP contribution is 2.32. The molecule has 122 valence electrons. The van der Waals surface area contributed by atoms with Crippen molar-refractivity contribution < 1.29 is 4.79 Å². The number of rotatable bonds is 4. The van der Waals surface area contributed by atoms with Crippen LogP contribution >= 0.6 is 11.3 Å². The van der Waals surface area contributed by atoms with Gasteiger partial charge in [0.05, 0.1) is 11.6 Å². The van der Waals surface area contributed by atoms with Crippen molar-refractivity contribution in [3.05, 3.63) is 46.6 Å². The zero-order chi connectivity index (χ0) is 17.1. The highest BCUT2D eigenvalue weighted by molar-refractivity contribution is 7.18. The van der Waals surface area contributed by atoms with Gasteiger partial charge in [-0.3, -0.25) is 10.2 Å². The Morgan fingerprint density at radius 2 is 1.96 bits per heavy atom. The van der Waals surface area contributed by atoms with Crippen molar-refractivity contribution in [1.29, 1.82) is 0 Å². The molecule has 0 aliphatic heterocycles. The molecule has 1 aromatic carbocycles. The SMILES string of the molecule is CC(=O)Nc1ccc(C=NNc2ncnc3sc(C)c(C)c23)cc1. The van der Waals surface area contributed by atoms with Crippen LogP contribution in [0.15, 0.2) is 35.7 Å². The minimum atomic E-state index is -0.0905. The fraction of sp³-hybridized carbons (Fsp3) is 0.176. The van der Waals surface area contributed by atoms with Crippen molar-refractivity contribution in [2.24, 2.45) is 5.10 Å². The minimum Gasteiger partial charge on any atom is -0.326 e. The molecular formula is C17H17N5OS. The average Bonchev–Trinajstić information content (AvgIpc) is 2.84. The molecule has 2 heterocycles. The number of aromatic nitrogens is 2. The van der Waals surface area contributed by atoms with E-state index < -0.39 is 0 Å². The smallest absolute Gasteiger partial charge is 0.221 e. The molecular weight excluding hydrogens is 322 g/mol. The van der Waals surface area contributed by atoms with Gasteiger partial charge in [0.25, 0.3) is 0 Å². The first kappa shape index (κ1) is 16.1. The third kappa shape index (κ3) is 3.41. The van der Waals surface area contributed by atoms with Crippen molar-refractivity contribution in [2.45, 2.75) is 20.8 Å². The van der Waals surface area contributed by atoms with Gasteiger partial charge in [0.2, 0.25) is 5.91 Å². The number of carbonyl (C=O) groups excluding carboxylic acids is 1. The van der Waals surface area contributed by atoms with E-state index >= 15 is 0 Å². The molecule has 0 bridgehead atoms. The van der Waals surface area contributed by atoms with Gasteiger partial charge in [-0.2, -0.15) is 5.10 Å². The van der Waals surface area contributed by atoms with E-state index in [1.807, 2.05) is 24.3 Å². The van der Waals surface area contributed by atoms with Crippen LogP contribution in [-0.4, -0.2) is 22.1 Å². The van der Waals surface area contributed by atoms with E-state index in [4.69, 9.17) is 0 Å². The van der Waals surface area contributed by atoms with E-state index in [0.717, 1.165) is 21.5 Å². The third-order valence-corrected chi connectivity index (χ3v) is 4.70. The number of aryl methyl sites for hydroxylation is 2. The number of thiophene rings is 1. The fourth-order valence-corrected chi connectivity index (χ4v) is 3.29. The summed E-state index contributed by atoms with van der Waals surface area (Å²) < 4.78 is 0. The second-order valence-corrected chi connectivity index (χ2v) is 6.56. The Morgan fingerprint density at radius 1 is 1.21 bits per heavy atom. The van der Waals surface area contributed by atoms with Gasteiger partial charge in [-0.1, -0.05) is 12.1 Å². The van der Waals surface area contributed by atoms with E-state index in [9.17, 15) is 4.79 Å². The molecule has 0 fully saturated rings. The van der Waals surface area contributed by atoms with Crippen molar-refractivity contribution in [3.8, 4) is 0 Å². The van der Waals surface area contributed by atoms with Gasteiger partial charge in [0, 0.05) is 17.5 Å². The van der Waals surface area contributed by atoms with Gasteiger partial charge in [-0.05, 0) is 37.1 Å². The third-order valence-electron chi connectivity index (χ3n) is 3.58. The van der Waals surface area contributed by atoms with Gasteiger partial charge in [-0.25, -0.2) is 9.97 Å². The summed E-state index contributed by atoms with van der Waals surface area (Å²) in [5.41, 5.74) is 5.84. The predicted octanol–water partition coefficient (Wildman–Crippen LogP) is 3.71. The summed E-state index contributed by atoms with van der Waals surface area (Å²) >= 11 is 1.65. The Bertz CT molecular complexity index is 915. The maximum absolute atomic E-state index is 11.0. The lowest BCUT2D eigenvalue weighted by atomic mass is 10.2. The van der Waals surface area contributed by atoms with E-state index in [1.165, 1.54) is 23.7 Å². The van der Waals surface area contributed by atoms with Crippen molar-refractivity contribution >= 4 is 45.2 Å². The van der Waals surface area contributed by atoms with Crippen LogP contribution in [0.2, 0.25) is 0 Å². The Balaban J connectivity index is 1.76. The first-order valence-corrected chi connectivity index (χ1v) is 8.23. The number of amides is 1. The highest BCUT2D eigenvalue weighted by atomic mass is 32.1. The average molecular weight is 339 g/mol. The van der Waals surface area contributed by atoms with Crippen molar-refractivity contribution in [1.82, 2.24) is 9.97 Å². The van der Waals surface area contributed by atoms with Crippen LogP contribution in [0.3, 0.4) is 0 Å². The molecule has 6 nitrogen and oxygen atoms in total. The van der Waals surface area contributed by atoms with Crippen molar-refractivity contribution in [2.75, 3.05) is 10.7 Å². The summed E-state index contributed by atoms with van der Waals surface area (Å²) in [5, 5.41) is 7.99. The van der Waals surface area contributed by atoms with Gasteiger partial charge in [0.1, 0.15) is 11.2 Å². The Labute approximate surface area is 143 Å². The second-order valence-electron chi connectivity index (χ2n) is 5.36. The lowest BCUT2D eigenvalue weighted by molar-refractivity contribution is -0.114. The number of benzene rings is 1. The van der Waals surface area contributed by atoms with E-state index in [1.54, 1.807) is 17.6 Å². The molecule has 0 spiro atoms. The summed E-state index contributed by atoms with van der Waals surface area (Å²) in [4.78, 5) is 21.8. The molecule has 7 heteroatoms. The van der Waals surface area contributed by atoms with E-state index in [0.29, 0.717) is 5.82 Å². The highest BCUT2D eigenvalue weighted by Gasteiger charge is 2.11. The molecule has 0 saturated carbocycles. The number of nitrogens with zero attached hydrogens (tertiary/aromatic N) is 3. The van der Waals surface area contributed by atoms with Gasteiger partial charge < -0.3 is 5.32 Å². The molecule has 1 amide bonds.